The summed E-state index contributed by atoms with van der Waals surface area (Å²) >= 11 is 0. The second kappa shape index (κ2) is 7.11. The smallest absolute Gasteiger partial charge is 0.205 e. The van der Waals surface area contributed by atoms with Crippen LogP contribution in [0, 0.1) is 13.8 Å². The molecule has 28 heavy (non-hydrogen) atoms. The number of rotatable bonds is 4. The Morgan fingerprint density at radius 2 is 1.57 bits per heavy atom. The molecule has 7 nitrogen and oxygen atoms in total. The molecule has 2 aromatic carbocycles. The SMILES string of the molecule is COc1c(C)nc(C)c(N)c1-c1ccc(-c2ccccc2-c2nn[nH]n2)cc1. The van der Waals surface area contributed by atoms with E-state index in [0.717, 1.165) is 39.2 Å². The van der Waals surface area contributed by atoms with E-state index in [-0.39, 0.29) is 0 Å². The Kier molecular flexibility index (Phi) is 4.49. The van der Waals surface area contributed by atoms with Crippen molar-refractivity contribution in [3.63, 3.8) is 0 Å². The Hall–Kier alpha value is -3.74. The van der Waals surface area contributed by atoms with Gasteiger partial charge >= 0.3 is 0 Å². The summed E-state index contributed by atoms with van der Waals surface area (Å²) in [5.74, 6) is 1.26. The molecule has 4 aromatic rings. The van der Waals surface area contributed by atoms with Gasteiger partial charge in [0.25, 0.3) is 0 Å². The largest absolute Gasteiger partial charge is 0.494 e. The van der Waals surface area contributed by atoms with Crippen molar-refractivity contribution in [2.24, 2.45) is 0 Å². The van der Waals surface area contributed by atoms with Crippen molar-refractivity contribution in [2.75, 3.05) is 12.8 Å². The van der Waals surface area contributed by atoms with E-state index in [0.29, 0.717) is 17.3 Å². The lowest BCUT2D eigenvalue weighted by atomic mass is 9.95. The van der Waals surface area contributed by atoms with Crippen LogP contribution in [0.1, 0.15) is 11.4 Å². The van der Waals surface area contributed by atoms with E-state index in [1.807, 2.05) is 50.2 Å². The fraction of sp³-hybridized carbons (Fsp3) is 0.143. The molecule has 0 aliphatic rings. The summed E-state index contributed by atoms with van der Waals surface area (Å²) in [5.41, 5.74) is 13.4. The van der Waals surface area contributed by atoms with Crippen LogP contribution in [0.3, 0.4) is 0 Å². The first kappa shape index (κ1) is 17.7. The molecule has 0 spiro atoms. The van der Waals surface area contributed by atoms with Gasteiger partial charge in [-0.3, -0.25) is 4.98 Å². The monoisotopic (exact) mass is 372 g/mol. The van der Waals surface area contributed by atoms with Gasteiger partial charge in [0.05, 0.1) is 29.7 Å². The number of benzene rings is 2. The van der Waals surface area contributed by atoms with Gasteiger partial charge < -0.3 is 10.5 Å². The van der Waals surface area contributed by atoms with Crippen LogP contribution in [0.5, 0.6) is 5.75 Å². The molecule has 140 valence electrons. The number of aromatic amines is 1. The maximum Gasteiger partial charge on any atom is 0.205 e. The Labute approximate surface area is 162 Å². The number of hydrogen-bond donors (Lipinski definition) is 2. The van der Waals surface area contributed by atoms with Crippen LogP contribution in [0.25, 0.3) is 33.6 Å². The number of H-pyrrole nitrogens is 1. The minimum Gasteiger partial charge on any atom is -0.494 e. The first-order valence-corrected chi connectivity index (χ1v) is 8.84. The fourth-order valence-corrected chi connectivity index (χ4v) is 3.41. The lowest BCUT2D eigenvalue weighted by Gasteiger charge is -2.16. The summed E-state index contributed by atoms with van der Waals surface area (Å²) in [4.78, 5) is 4.46. The van der Waals surface area contributed by atoms with Crippen molar-refractivity contribution >= 4 is 5.69 Å². The third kappa shape index (κ3) is 2.96. The minimum atomic E-state index is 0.561. The summed E-state index contributed by atoms with van der Waals surface area (Å²) in [6.45, 7) is 3.82. The van der Waals surface area contributed by atoms with Gasteiger partial charge in [-0.05, 0) is 35.8 Å². The van der Waals surface area contributed by atoms with E-state index in [2.05, 4.69) is 37.7 Å². The molecule has 0 fully saturated rings. The van der Waals surface area contributed by atoms with Gasteiger partial charge in [-0.25, -0.2) is 0 Å². The van der Waals surface area contributed by atoms with Gasteiger partial charge in [0.15, 0.2) is 0 Å². The minimum absolute atomic E-state index is 0.561. The lowest BCUT2D eigenvalue weighted by molar-refractivity contribution is 0.411. The molecule has 0 atom stereocenters. The topological polar surface area (TPSA) is 103 Å². The average molecular weight is 372 g/mol. The van der Waals surface area contributed by atoms with E-state index >= 15 is 0 Å². The van der Waals surface area contributed by atoms with Crippen LogP contribution in [-0.4, -0.2) is 32.7 Å². The molecule has 3 N–H and O–H groups in total. The number of hydrogen-bond acceptors (Lipinski definition) is 6. The number of tetrazole rings is 1. The molecule has 0 aliphatic carbocycles. The summed E-state index contributed by atoms with van der Waals surface area (Å²) in [6, 6.07) is 16.1. The molecule has 0 radical (unpaired) electrons. The number of anilines is 1. The predicted octanol–water partition coefficient (Wildman–Crippen LogP) is 3.80. The third-order valence-corrected chi connectivity index (χ3v) is 4.75. The molecule has 0 unspecified atom stereocenters. The maximum absolute atomic E-state index is 6.33. The number of ether oxygens (including phenoxy) is 1. The number of nitrogen functional groups attached to an aromatic ring is 1. The highest BCUT2D eigenvalue weighted by molar-refractivity contribution is 5.86. The summed E-state index contributed by atoms with van der Waals surface area (Å²) in [6.07, 6.45) is 0. The van der Waals surface area contributed by atoms with Crippen LogP contribution in [0.4, 0.5) is 5.69 Å². The summed E-state index contributed by atoms with van der Waals surface area (Å²) in [5, 5.41) is 14.4. The number of nitrogens with zero attached hydrogens (tertiary/aromatic N) is 4. The molecule has 2 aromatic heterocycles. The quantitative estimate of drug-likeness (QED) is 0.565. The standard InChI is InChI=1S/C21H20N6O/c1-12-19(22)18(20(28-3)13(2)23-12)15-10-8-14(9-11-15)16-6-4-5-7-17(16)21-24-26-27-25-21/h4-11H,22H2,1-3H3,(H,24,25,26,27). The average Bonchev–Trinajstić information content (AvgIpc) is 3.25. The Bertz CT molecular complexity index is 1120. The molecule has 0 saturated carbocycles. The van der Waals surface area contributed by atoms with E-state index in [1.54, 1.807) is 7.11 Å². The number of aryl methyl sites for hydroxylation is 2. The van der Waals surface area contributed by atoms with Crippen molar-refractivity contribution in [3.05, 3.63) is 59.9 Å². The van der Waals surface area contributed by atoms with Gasteiger partial charge in [-0.1, -0.05) is 48.5 Å². The third-order valence-electron chi connectivity index (χ3n) is 4.75. The Balaban J connectivity index is 1.81. The highest BCUT2D eigenvalue weighted by Gasteiger charge is 2.17. The second-order valence-electron chi connectivity index (χ2n) is 6.46. The molecule has 7 heteroatoms. The van der Waals surface area contributed by atoms with E-state index in [9.17, 15) is 0 Å². The van der Waals surface area contributed by atoms with Crippen molar-refractivity contribution in [1.29, 1.82) is 0 Å². The van der Waals surface area contributed by atoms with E-state index in [4.69, 9.17) is 10.5 Å². The van der Waals surface area contributed by atoms with Crippen LogP contribution in [-0.2, 0) is 0 Å². The van der Waals surface area contributed by atoms with Gasteiger partial charge in [0.1, 0.15) is 5.75 Å². The van der Waals surface area contributed by atoms with E-state index < -0.39 is 0 Å². The summed E-state index contributed by atoms with van der Waals surface area (Å²) < 4.78 is 5.58. The van der Waals surface area contributed by atoms with Gasteiger partial charge in [-0.2, -0.15) is 5.21 Å². The van der Waals surface area contributed by atoms with Gasteiger partial charge in [0, 0.05) is 5.56 Å². The Morgan fingerprint density at radius 3 is 2.21 bits per heavy atom. The molecule has 2 heterocycles. The zero-order valence-electron chi connectivity index (χ0n) is 15.9. The maximum atomic E-state index is 6.33. The van der Waals surface area contributed by atoms with Crippen LogP contribution >= 0.6 is 0 Å². The van der Waals surface area contributed by atoms with Crippen LogP contribution in [0.2, 0.25) is 0 Å². The van der Waals surface area contributed by atoms with Gasteiger partial charge in [0.2, 0.25) is 5.82 Å². The fourth-order valence-electron chi connectivity index (χ4n) is 3.41. The second-order valence-corrected chi connectivity index (χ2v) is 6.46. The van der Waals surface area contributed by atoms with E-state index in [1.165, 1.54) is 0 Å². The Morgan fingerprint density at radius 1 is 0.893 bits per heavy atom. The van der Waals surface area contributed by atoms with Crippen LogP contribution < -0.4 is 10.5 Å². The number of nitrogens with two attached hydrogens (primary N) is 1. The zero-order chi connectivity index (χ0) is 19.7. The first-order valence-electron chi connectivity index (χ1n) is 8.84. The van der Waals surface area contributed by atoms with Gasteiger partial charge in [-0.15, -0.1) is 10.2 Å². The molecular formula is C21H20N6O. The van der Waals surface area contributed by atoms with Crippen LogP contribution in [0.15, 0.2) is 48.5 Å². The number of nitrogens with one attached hydrogen (secondary N) is 1. The van der Waals surface area contributed by atoms with Crippen molar-refractivity contribution in [2.45, 2.75) is 13.8 Å². The highest BCUT2D eigenvalue weighted by Crippen LogP contribution is 2.39. The lowest BCUT2D eigenvalue weighted by Crippen LogP contribution is -2.03. The zero-order valence-corrected chi connectivity index (χ0v) is 15.9. The first-order chi connectivity index (χ1) is 13.6. The highest BCUT2D eigenvalue weighted by atomic mass is 16.5. The van der Waals surface area contributed by atoms with Crippen molar-refractivity contribution < 1.29 is 4.74 Å². The summed E-state index contributed by atoms with van der Waals surface area (Å²) in [7, 11) is 1.64. The van der Waals surface area contributed by atoms with Crippen molar-refractivity contribution in [3.8, 4) is 39.4 Å². The molecule has 4 rings (SSSR count). The normalized spacial score (nSPS) is 10.8. The number of methoxy groups -OCH3 is 1. The molecule has 0 amide bonds. The number of aromatic nitrogens is 5. The van der Waals surface area contributed by atoms with Crippen molar-refractivity contribution in [1.82, 2.24) is 25.6 Å². The molecule has 0 saturated heterocycles. The molecule has 0 aliphatic heterocycles. The molecule has 0 bridgehead atoms. The predicted molar refractivity (Wildman–Crippen MR) is 109 cm³/mol. The number of pyridine rings is 1. The molecular weight excluding hydrogens is 352 g/mol.